The molecule has 1 aliphatic heterocycles. The van der Waals surface area contributed by atoms with Gasteiger partial charge in [-0.3, -0.25) is 4.79 Å². The van der Waals surface area contributed by atoms with E-state index in [9.17, 15) is 9.59 Å². The van der Waals surface area contributed by atoms with Gasteiger partial charge in [-0.2, -0.15) is 0 Å². The van der Waals surface area contributed by atoms with Crippen molar-refractivity contribution in [3.63, 3.8) is 0 Å². The quantitative estimate of drug-likeness (QED) is 0.747. The smallest absolute Gasteiger partial charge is 0.223 e. The fraction of sp³-hybridized carbons (Fsp3) is 0.429. The zero-order valence-electron chi connectivity index (χ0n) is 10.2. The molecule has 0 aliphatic carbocycles. The number of likely N-dealkylation sites (tertiary alicyclic amines) is 1. The molecule has 1 amide bonds. The van der Waals surface area contributed by atoms with Gasteiger partial charge in [-0.25, -0.2) is 0 Å². The molecule has 0 radical (unpaired) electrons. The second-order valence-corrected chi connectivity index (χ2v) is 4.73. The summed E-state index contributed by atoms with van der Waals surface area (Å²) in [5.41, 5.74) is 2.33. The van der Waals surface area contributed by atoms with Crippen LogP contribution in [0.25, 0.3) is 0 Å². The van der Waals surface area contributed by atoms with E-state index in [2.05, 4.69) is 0 Å². The van der Waals surface area contributed by atoms with Crippen LogP contribution in [0, 0.1) is 12.8 Å². The summed E-state index contributed by atoms with van der Waals surface area (Å²) in [7, 11) is 0. The van der Waals surface area contributed by atoms with Crippen LogP contribution in [-0.2, 0) is 9.59 Å². The summed E-state index contributed by atoms with van der Waals surface area (Å²) < 4.78 is 0. The summed E-state index contributed by atoms with van der Waals surface area (Å²) in [4.78, 5) is 24.3. The Balaban J connectivity index is 2.15. The molecular formula is C14H17NO2. The minimum absolute atomic E-state index is 0.0491. The largest absolute Gasteiger partial charge is 0.335 e. The molecule has 3 heteroatoms. The van der Waals surface area contributed by atoms with Gasteiger partial charge < -0.3 is 9.69 Å². The minimum Gasteiger partial charge on any atom is -0.335 e. The van der Waals surface area contributed by atoms with Crippen LogP contribution in [0.3, 0.4) is 0 Å². The van der Waals surface area contributed by atoms with Crippen LogP contribution in [0.1, 0.15) is 30.5 Å². The minimum atomic E-state index is -0.129. The second kappa shape index (κ2) is 4.70. The van der Waals surface area contributed by atoms with E-state index < -0.39 is 0 Å². The third-order valence-electron chi connectivity index (χ3n) is 3.41. The van der Waals surface area contributed by atoms with Crippen molar-refractivity contribution in [3.05, 3.63) is 35.4 Å². The molecule has 90 valence electrons. The van der Waals surface area contributed by atoms with Crippen molar-refractivity contribution >= 4 is 12.2 Å². The van der Waals surface area contributed by atoms with Crippen LogP contribution in [0.2, 0.25) is 0 Å². The highest BCUT2D eigenvalue weighted by atomic mass is 16.2. The molecule has 1 fully saturated rings. The number of hydrogen-bond donors (Lipinski definition) is 0. The highest BCUT2D eigenvalue weighted by Crippen LogP contribution is 2.27. The van der Waals surface area contributed by atoms with Gasteiger partial charge in [-0.1, -0.05) is 29.8 Å². The van der Waals surface area contributed by atoms with Crippen LogP contribution >= 0.6 is 0 Å². The third-order valence-corrected chi connectivity index (χ3v) is 3.41. The van der Waals surface area contributed by atoms with E-state index in [1.54, 1.807) is 4.90 Å². The first-order chi connectivity index (χ1) is 8.11. The van der Waals surface area contributed by atoms with Crippen molar-refractivity contribution < 1.29 is 9.59 Å². The van der Waals surface area contributed by atoms with E-state index >= 15 is 0 Å². The van der Waals surface area contributed by atoms with Crippen LogP contribution in [-0.4, -0.2) is 23.6 Å². The number of nitrogens with zero attached hydrogens (tertiary/aromatic N) is 1. The van der Waals surface area contributed by atoms with Crippen LogP contribution in [0.15, 0.2) is 24.3 Å². The van der Waals surface area contributed by atoms with Crippen molar-refractivity contribution in [1.29, 1.82) is 0 Å². The van der Waals surface area contributed by atoms with Crippen LogP contribution < -0.4 is 0 Å². The Kier molecular flexibility index (Phi) is 3.27. The normalized spacial score (nSPS) is 21.6. The van der Waals surface area contributed by atoms with Gasteiger partial charge in [0, 0.05) is 18.9 Å². The van der Waals surface area contributed by atoms with E-state index in [4.69, 9.17) is 0 Å². The van der Waals surface area contributed by atoms with Gasteiger partial charge in [-0.15, -0.1) is 0 Å². The molecular weight excluding hydrogens is 214 g/mol. The van der Waals surface area contributed by atoms with Crippen LogP contribution in [0.5, 0.6) is 0 Å². The predicted molar refractivity (Wildman–Crippen MR) is 65.5 cm³/mol. The van der Waals surface area contributed by atoms with Gasteiger partial charge in [-0.05, 0) is 19.4 Å². The molecule has 2 rings (SSSR count). The van der Waals surface area contributed by atoms with E-state index in [1.165, 1.54) is 5.56 Å². The Morgan fingerprint density at radius 2 is 2.00 bits per heavy atom. The lowest BCUT2D eigenvalue weighted by Gasteiger charge is -2.25. The second-order valence-electron chi connectivity index (χ2n) is 4.73. The van der Waals surface area contributed by atoms with Crippen molar-refractivity contribution in [2.75, 3.05) is 6.54 Å². The molecule has 1 heterocycles. The summed E-state index contributed by atoms with van der Waals surface area (Å²) in [5.74, 6) is -0.0504. The van der Waals surface area contributed by atoms with Gasteiger partial charge in [0.15, 0.2) is 0 Å². The topological polar surface area (TPSA) is 37.4 Å². The van der Waals surface area contributed by atoms with E-state index in [1.807, 2.05) is 38.1 Å². The first-order valence-electron chi connectivity index (χ1n) is 5.93. The third kappa shape index (κ3) is 2.38. The molecule has 0 aromatic heterocycles. The number of amides is 1. The lowest BCUT2D eigenvalue weighted by Crippen LogP contribution is -2.28. The zero-order chi connectivity index (χ0) is 12.4. The SMILES string of the molecule is Cc1ccc(C(C)N2CC(C=O)CC2=O)cc1. The maximum Gasteiger partial charge on any atom is 0.223 e. The molecule has 1 aromatic rings. The molecule has 1 saturated heterocycles. The fourth-order valence-electron chi connectivity index (χ4n) is 2.25. The summed E-state index contributed by atoms with van der Waals surface area (Å²) in [5, 5.41) is 0. The maximum atomic E-state index is 11.8. The fourth-order valence-corrected chi connectivity index (χ4v) is 2.25. The molecule has 1 aliphatic rings. The Morgan fingerprint density at radius 1 is 1.35 bits per heavy atom. The number of hydrogen-bond acceptors (Lipinski definition) is 2. The summed E-state index contributed by atoms with van der Waals surface area (Å²) in [6.07, 6.45) is 1.25. The van der Waals surface area contributed by atoms with Gasteiger partial charge in [0.05, 0.1) is 6.04 Å². The Morgan fingerprint density at radius 3 is 2.53 bits per heavy atom. The monoisotopic (exact) mass is 231 g/mol. The first kappa shape index (κ1) is 11.8. The van der Waals surface area contributed by atoms with Crippen molar-refractivity contribution in [1.82, 2.24) is 4.90 Å². The van der Waals surface area contributed by atoms with Crippen molar-refractivity contribution in [2.24, 2.45) is 5.92 Å². The molecule has 0 bridgehead atoms. The van der Waals surface area contributed by atoms with Crippen LogP contribution in [0.4, 0.5) is 0 Å². The number of aryl methyl sites for hydroxylation is 1. The Bertz CT molecular complexity index is 424. The lowest BCUT2D eigenvalue weighted by molar-refractivity contribution is -0.129. The average Bonchev–Trinajstić information content (AvgIpc) is 2.71. The van der Waals surface area contributed by atoms with Gasteiger partial charge in [0.1, 0.15) is 6.29 Å². The van der Waals surface area contributed by atoms with Gasteiger partial charge >= 0.3 is 0 Å². The molecule has 3 nitrogen and oxygen atoms in total. The van der Waals surface area contributed by atoms with Gasteiger partial charge in [0.25, 0.3) is 0 Å². The molecule has 0 N–H and O–H groups in total. The predicted octanol–water partition coefficient (Wildman–Crippen LogP) is 2.10. The summed E-state index contributed by atoms with van der Waals surface area (Å²) in [6.45, 7) is 4.60. The molecule has 0 spiro atoms. The van der Waals surface area contributed by atoms with E-state index in [0.717, 1.165) is 11.8 Å². The maximum absolute atomic E-state index is 11.8. The molecule has 2 atom stereocenters. The van der Waals surface area contributed by atoms with E-state index in [-0.39, 0.29) is 17.9 Å². The molecule has 0 saturated carbocycles. The highest BCUT2D eigenvalue weighted by molar-refractivity contribution is 5.83. The number of rotatable bonds is 3. The molecule has 1 aromatic carbocycles. The Labute approximate surface area is 101 Å². The number of carbonyl (C=O) groups excluding carboxylic acids is 2. The summed E-state index contributed by atoms with van der Waals surface area (Å²) in [6, 6.07) is 8.23. The summed E-state index contributed by atoms with van der Waals surface area (Å²) >= 11 is 0. The van der Waals surface area contributed by atoms with Crippen molar-refractivity contribution in [2.45, 2.75) is 26.3 Å². The number of carbonyl (C=O) groups is 2. The van der Waals surface area contributed by atoms with Crippen molar-refractivity contribution in [3.8, 4) is 0 Å². The first-order valence-corrected chi connectivity index (χ1v) is 5.93. The number of benzene rings is 1. The Hall–Kier alpha value is -1.64. The zero-order valence-corrected chi connectivity index (χ0v) is 10.2. The highest BCUT2D eigenvalue weighted by Gasteiger charge is 2.32. The lowest BCUT2D eigenvalue weighted by atomic mass is 10.1. The van der Waals surface area contributed by atoms with E-state index in [0.29, 0.717) is 13.0 Å². The van der Waals surface area contributed by atoms with Gasteiger partial charge in [0.2, 0.25) is 5.91 Å². The average molecular weight is 231 g/mol. The standard InChI is InChI=1S/C14H17NO2/c1-10-3-5-13(6-4-10)11(2)15-8-12(9-16)7-14(15)17/h3-6,9,11-12H,7-8H2,1-2H3. The molecule has 17 heavy (non-hydrogen) atoms. The number of aldehydes is 1. The molecule has 2 unspecified atom stereocenters.